The van der Waals surface area contributed by atoms with Crippen LogP contribution in [0.4, 0.5) is 65.9 Å². The largest absolute Gasteiger partial charge is 1.00 e. The summed E-state index contributed by atoms with van der Waals surface area (Å²) in [6.45, 7) is 0. The topological polar surface area (TPSA) is 57.2 Å². The molecule has 0 atom stereocenters. The van der Waals surface area contributed by atoms with Gasteiger partial charge in [-0.2, -0.15) is 65.9 Å². The van der Waals surface area contributed by atoms with Crippen molar-refractivity contribution in [1.82, 2.24) is 0 Å². The van der Waals surface area contributed by atoms with Crippen molar-refractivity contribution in [3.8, 4) is 0 Å². The van der Waals surface area contributed by atoms with Crippen LogP contribution >= 0.6 is 0 Å². The molecule has 3 nitrogen and oxygen atoms in total. The molecule has 0 aliphatic rings. The van der Waals surface area contributed by atoms with Crippen molar-refractivity contribution in [2.45, 2.75) is 41.0 Å². The molecule has 0 unspecified atom stereocenters. The van der Waals surface area contributed by atoms with Crippen LogP contribution in [-0.2, 0) is 10.1 Å². The van der Waals surface area contributed by atoms with Crippen LogP contribution in [0, 0.1) is 0 Å². The molecule has 27 heavy (non-hydrogen) atoms. The maximum absolute atomic E-state index is 13.1. The van der Waals surface area contributed by atoms with E-state index in [4.69, 9.17) is 0 Å². The van der Waals surface area contributed by atoms with Gasteiger partial charge >= 0.3 is 65.9 Å². The van der Waals surface area contributed by atoms with Gasteiger partial charge in [0, 0.05) is 0 Å². The molecular formula is C7F15NaO3S. The summed E-state index contributed by atoms with van der Waals surface area (Å²) in [5.41, 5.74) is 0. The quantitative estimate of drug-likeness (QED) is 0.347. The van der Waals surface area contributed by atoms with Crippen LogP contribution in [0.2, 0.25) is 0 Å². The standard InChI is InChI=1S/C7HF15O3S.Na/c8-2(9,5(14,15)16)1(26(23,24)25,3(10,11)6(17,18)19)4(12,13)7(20,21)22;/h(H,23,24,25);/q;+1/p-1. The molecule has 0 spiro atoms. The van der Waals surface area contributed by atoms with Gasteiger partial charge in [0.15, 0.2) is 0 Å². The molecule has 0 aromatic heterocycles. The summed E-state index contributed by atoms with van der Waals surface area (Å²) in [5.74, 6) is -26.2. The van der Waals surface area contributed by atoms with E-state index in [0.717, 1.165) is 0 Å². The van der Waals surface area contributed by atoms with Crippen molar-refractivity contribution in [2.75, 3.05) is 0 Å². The van der Waals surface area contributed by atoms with Crippen LogP contribution in [0.1, 0.15) is 0 Å². The smallest absolute Gasteiger partial charge is 0.747 e. The molecule has 0 saturated carbocycles. The van der Waals surface area contributed by atoms with E-state index in [1.54, 1.807) is 0 Å². The Balaban J connectivity index is 0. The fraction of sp³-hybridized carbons (Fsp3) is 1.00. The van der Waals surface area contributed by atoms with Crippen LogP contribution < -0.4 is 29.6 Å². The Morgan fingerprint density at radius 2 is 0.630 bits per heavy atom. The van der Waals surface area contributed by atoms with E-state index in [1.165, 1.54) is 0 Å². The molecule has 0 fully saturated rings. The van der Waals surface area contributed by atoms with Gasteiger partial charge in [0.1, 0.15) is 10.1 Å². The average molecular weight is 472 g/mol. The molecule has 0 heterocycles. The summed E-state index contributed by atoms with van der Waals surface area (Å²) in [7, 11) is -9.11. The zero-order valence-corrected chi connectivity index (χ0v) is 14.6. The van der Waals surface area contributed by atoms with Crippen molar-refractivity contribution in [2.24, 2.45) is 0 Å². The average Bonchev–Trinajstić information content (AvgIpc) is 2.20. The van der Waals surface area contributed by atoms with Crippen LogP contribution in [0.3, 0.4) is 0 Å². The molecule has 0 amide bonds. The van der Waals surface area contributed by atoms with Crippen molar-refractivity contribution in [3.05, 3.63) is 0 Å². The molecule has 0 N–H and O–H groups in total. The number of hydrogen-bond donors (Lipinski definition) is 0. The molecular weight excluding hydrogens is 472 g/mol. The first-order valence-corrected chi connectivity index (χ1v) is 6.45. The summed E-state index contributed by atoms with van der Waals surface area (Å²) in [4.78, 5) is 0. The normalized spacial score (nSPS) is 16.1. The molecule has 0 bridgehead atoms. The van der Waals surface area contributed by atoms with E-state index in [-0.39, 0.29) is 29.6 Å². The van der Waals surface area contributed by atoms with Crippen molar-refractivity contribution < 1.29 is 108 Å². The predicted octanol–water partition coefficient (Wildman–Crippen LogP) is 0.867. The zero-order chi connectivity index (χ0) is 22.0. The number of rotatable bonds is 4. The minimum absolute atomic E-state index is 0. The van der Waals surface area contributed by atoms with E-state index in [2.05, 4.69) is 0 Å². The van der Waals surface area contributed by atoms with E-state index >= 15 is 0 Å². The van der Waals surface area contributed by atoms with E-state index in [0.29, 0.717) is 0 Å². The molecule has 158 valence electrons. The van der Waals surface area contributed by atoms with E-state index in [9.17, 15) is 78.8 Å². The van der Waals surface area contributed by atoms with E-state index < -0.39 is 51.2 Å². The SMILES string of the molecule is O=S(=O)([O-])C(C(F)(F)C(F)(F)F)(C(F)(F)C(F)(F)F)C(F)(F)C(F)(F)F.[Na+]. The van der Waals surface area contributed by atoms with Gasteiger partial charge in [-0.3, -0.25) is 0 Å². The fourth-order valence-corrected chi connectivity index (χ4v) is 2.95. The third-order valence-corrected chi connectivity index (χ3v) is 4.29. The number of halogens is 15. The van der Waals surface area contributed by atoms with Gasteiger partial charge in [0.05, 0.1) is 0 Å². The molecule has 0 saturated heterocycles. The maximum Gasteiger partial charge on any atom is 1.00 e. The third-order valence-electron chi connectivity index (χ3n) is 2.77. The van der Waals surface area contributed by atoms with Gasteiger partial charge in [-0.15, -0.1) is 0 Å². The Labute approximate surface area is 159 Å². The van der Waals surface area contributed by atoms with Gasteiger partial charge in [0.2, 0.25) is 0 Å². The maximum atomic E-state index is 13.1. The Morgan fingerprint density at radius 1 is 0.481 bits per heavy atom. The number of alkyl halides is 15. The molecule has 0 aliphatic carbocycles. The van der Waals surface area contributed by atoms with Gasteiger partial charge in [-0.1, -0.05) is 0 Å². The Bertz CT molecular complexity index is 577. The molecule has 20 heteroatoms. The first-order chi connectivity index (χ1) is 10.8. The van der Waals surface area contributed by atoms with Crippen molar-refractivity contribution in [3.63, 3.8) is 0 Å². The summed E-state index contributed by atoms with van der Waals surface area (Å²) >= 11 is 0. The first-order valence-electron chi connectivity index (χ1n) is 5.04. The van der Waals surface area contributed by atoms with E-state index in [1.807, 2.05) is 0 Å². The third kappa shape index (κ3) is 3.73. The summed E-state index contributed by atoms with van der Waals surface area (Å²) in [6, 6.07) is 0. The van der Waals surface area contributed by atoms with Crippen LogP contribution in [0.15, 0.2) is 0 Å². The minimum Gasteiger partial charge on any atom is -0.747 e. The monoisotopic (exact) mass is 472 g/mol. The van der Waals surface area contributed by atoms with Crippen molar-refractivity contribution >= 4 is 10.1 Å². The first kappa shape index (κ1) is 29.1. The molecule has 0 radical (unpaired) electrons. The van der Waals surface area contributed by atoms with Gasteiger partial charge in [0.25, 0.3) is 4.75 Å². The van der Waals surface area contributed by atoms with Gasteiger partial charge < -0.3 is 4.55 Å². The van der Waals surface area contributed by atoms with Gasteiger partial charge in [-0.05, 0) is 0 Å². The second kappa shape index (κ2) is 6.98. The van der Waals surface area contributed by atoms with Gasteiger partial charge in [-0.25, -0.2) is 8.42 Å². The Kier molecular flexibility index (Phi) is 7.51. The minimum atomic E-state index is -9.11. The fourth-order valence-electron chi connectivity index (χ4n) is 1.66. The zero-order valence-electron chi connectivity index (χ0n) is 11.8. The predicted molar refractivity (Wildman–Crippen MR) is 45.4 cm³/mol. The second-order valence-corrected chi connectivity index (χ2v) is 5.87. The van der Waals surface area contributed by atoms with Crippen molar-refractivity contribution in [1.29, 1.82) is 0 Å². The Morgan fingerprint density at radius 3 is 0.704 bits per heavy atom. The molecule has 0 rings (SSSR count). The molecule has 0 aromatic carbocycles. The summed E-state index contributed by atoms with van der Waals surface area (Å²) in [5, 5.41) is 0. The Hall–Kier alpha value is -0.140. The second-order valence-electron chi connectivity index (χ2n) is 4.35. The summed E-state index contributed by atoms with van der Waals surface area (Å²) < 4.78 is 211. The number of hydrogen-bond acceptors (Lipinski definition) is 3. The van der Waals surface area contributed by atoms with Crippen LogP contribution in [0.25, 0.3) is 0 Å². The summed E-state index contributed by atoms with van der Waals surface area (Å²) in [6.07, 6.45) is -24.6. The van der Waals surface area contributed by atoms with Crippen LogP contribution in [-0.4, -0.2) is 54.0 Å². The molecule has 0 aromatic rings. The van der Waals surface area contributed by atoms with Crippen LogP contribution in [0.5, 0.6) is 0 Å². The molecule has 0 aliphatic heterocycles.